The van der Waals surface area contributed by atoms with Gasteiger partial charge in [-0.3, -0.25) is 4.90 Å². The molecule has 20 heavy (non-hydrogen) atoms. The molecule has 0 spiro atoms. The molecule has 2 nitrogen and oxygen atoms in total. The predicted molar refractivity (Wildman–Crippen MR) is 85.0 cm³/mol. The van der Waals surface area contributed by atoms with Crippen LogP contribution in [0.2, 0.25) is 0 Å². The van der Waals surface area contributed by atoms with Crippen molar-refractivity contribution in [3.05, 3.63) is 34.9 Å². The van der Waals surface area contributed by atoms with Gasteiger partial charge in [-0.2, -0.15) is 0 Å². The SMILES string of the molecule is CCN(CC)C1(C(O)c2cccc(C)c2C)CCCC1. The van der Waals surface area contributed by atoms with E-state index < -0.39 is 0 Å². The summed E-state index contributed by atoms with van der Waals surface area (Å²) in [6.07, 6.45) is 4.33. The lowest BCUT2D eigenvalue weighted by Gasteiger charge is -2.44. The molecule has 1 N–H and O–H groups in total. The van der Waals surface area contributed by atoms with E-state index in [0.717, 1.165) is 31.5 Å². The summed E-state index contributed by atoms with van der Waals surface area (Å²) < 4.78 is 0. The van der Waals surface area contributed by atoms with Gasteiger partial charge >= 0.3 is 0 Å². The standard InChI is InChI=1S/C18H29NO/c1-5-19(6-2)18(12-7-8-13-18)17(20)16-11-9-10-14(3)15(16)4/h9-11,17,20H,5-8,12-13H2,1-4H3. The normalized spacial score (nSPS) is 19.5. The van der Waals surface area contributed by atoms with Gasteiger partial charge in [0.2, 0.25) is 0 Å². The molecule has 2 heteroatoms. The van der Waals surface area contributed by atoms with Gasteiger partial charge in [0, 0.05) is 0 Å². The van der Waals surface area contributed by atoms with Crippen LogP contribution >= 0.6 is 0 Å². The Hall–Kier alpha value is -0.860. The van der Waals surface area contributed by atoms with E-state index in [1.165, 1.54) is 24.0 Å². The highest BCUT2D eigenvalue weighted by molar-refractivity contribution is 5.36. The third-order valence-electron chi connectivity index (χ3n) is 5.31. The van der Waals surface area contributed by atoms with Crippen LogP contribution in [0.1, 0.15) is 62.3 Å². The van der Waals surface area contributed by atoms with E-state index in [1.54, 1.807) is 0 Å². The number of benzene rings is 1. The summed E-state index contributed by atoms with van der Waals surface area (Å²) in [6.45, 7) is 10.7. The third kappa shape index (κ3) is 2.51. The lowest BCUT2D eigenvalue weighted by atomic mass is 9.82. The molecule has 112 valence electrons. The van der Waals surface area contributed by atoms with Gasteiger partial charge in [0.05, 0.1) is 11.6 Å². The highest BCUT2D eigenvalue weighted by Crippen LogP contribution is 2.45. The number of aliphatic hydroxyl groups excluding tert-OH is 1. The number of aliphatic hydroxyl groups is 1. The summed E-state index contributed by atoms with van der Waals surface area (Å²) >= 11 is 0. The molecule has 0 bridgehead atoms. The molecule has 1 atom stereocenters. The van der Waals surface area contributed by atoms with E-state index >= 15 is 0 Å². The Morgan fingerprint density at radius 1 is 1.15 bits per heavy atom. The van der Waals surface area contributed by atoms with E-state index in [2.05, 4.69) is 50.8 Å². The van der Waals surface area contributed by atoms with Crippen molar-refractivity contribution in [2.24, 2.45) is 0 Å². The van der Waals surface area contributed by atoms with Crippen molar-refractivity contribution in [1.82, 2.24) is 4.90 Å². The van der Waals surface area contributed by atoms with Gasteiger partial charge in [0.25, 0.3) is 0 Å². The second-order valence-electron chi connectivity index (χ2n) is 6.17. The minimum atomic E-state index is -0.371. The number of nitrogens with zero attached hydrogens (tertiary/aromatic N) is 1. The molecule has 0 radical (unpaired) electrons. The molecule has 0 aromatic heterocycles. The monoisotopic (exact) mass is 275 g/mol. The highest BCUT2D eigenvalue weighted by Gasteiger charge is 2.45. The first-order valence-corrected chi connectivity index (χ1v) is 8.06. The minimum absolute atomic E-state index is 0.0535. The fourth-order valence-electron chi connectivity index (χ4n) is 3.96. The van der Waals surface area contributed by atoms with Crippen molar-refractivity contribution in [1.29, 1.82) is 0 Å². The number of hydrogen-bond donors (Lipinski definition) is 1. The van der Waals surface area contributed by atoms with Gasteiger partial charge in [0.15, 0.2) is 0 Å². The second kappa shape index (κ2) is 6.28. The van der Waals surface area contributed by atoms with E-state index in [9.17, 15) is 5.11 Å². The molecular formula is C18H29NO. The molecule has 0 aliphatic heterocycles. The Bertz CT molecular complexity index is 445. The lowest BCUT2D eigenvalue weighted by Crippen LogP contribution is -2.51. The number of hydrogen-bond acceptors (Lipinski definition) is 2. The predicted octanol–water partition coefficient (Wildman–Crippen LogP) is 3.99. The van der Waals surface area contributed by atoms with Gasteiger partial charge < -0.3 is 5.11 Å². The number of aryl methyl sites for hydroxylation is 1. The highest BCUT2D eigenvalue weighted by atomic mass is 16.3. The zero-order valence-electron chi connectivity index (χ0n) is 13.4. The van der Waals surface area contributed by atoms with Crippen LogP contribution in [0.15, 0.2) is 18.2 Å². The topological polar surface area (TPSA) is 23.5 Å². The first-order chi connectivity index (χ1) is 9.56. The fourth-order valence-corrected chi connectivity index (χ4v) is 3.96. The van der Waals surface area contributed by atoms with Crippen LogP contribution in [0.4, 0.5) is 0 Å². The maximum Gasteiger partial charge on any atom is 0.0976 e. The molecule has 0 saturated heterocycles. The number of rotatable bonds is 5. The summed E-state index contributed by atoms with van der Waals surface area (Å²) in [5.74, 6) is 0. The van der Waals surface area contributed by atoms with Crippen LogP contribution in [-0.4, -0.2) is 28.6 Å². The van der Waals surface area contributed by atoms with Crippen molar-refractivity contribution in [2.75, 3.05) is 13.1 Å². The Balaban J connectivity index is 2.41. The van der Waals surface area contributed by atoms with E-state index in [-0.39, 0.29) is 11.6 Å². The lowest BCUT2D eigenvalue weighted by molar-refractivity contribution is -0.0272. The van der Waals surface area contributed by atoms with Crippen LogP contribution in [-0.2, 0) is 0 Å². The quantitative estimate of drug-likeness (QED) is 0.878. The molecular weight excluding hydrogens is 246 g/mol. The van der Waals surface area contributed by atoms with Crippen LogP contribution in [0, 0.1) is 13.8 Å². The maximum absolute atomic E-state index is 11.2. The molecule has 1 aromatic carbocycles. The van der Waals surface area contributed by atoms with Crippen LogP contribution in [0.5, 0.6) is 0 Å². The molecule has 1 saturated carbocycles. The molecule has 1 fully saturated rings. The summed E-state index contributed by atoms with van der Waals surface area (Å²) in [5, 5.41) is 11.2. The average Bonchev–Trinajstić information content (AvgIpc) is 2.93. The maximum atomic E-state index is 11.2. The first kappa shape index (κ1) is 15.5. The van der Waals surface area contributed by atoms with E-state index in [0.29, 0.717) is 0 Å². The zero-order valence-corrected chi connectivity index (χ0v) is 13.4. The smallest absolute Gasteiger partial charge is 0.0976 e. The van der Waals surface area contributed by atoms with Crippen molar-refractivity contribution >= 4 is 0 Å². The Kier molecular flexibility index (Phi) is 4.87. The van der Waals surface area contributed by atoms with E-state index in [1.807, 2.05) is 0 Å². The third-order valence-corrected chi connectivity index (χ3v) is 5.31. The second-order valence-corrected chi connectivity index (χ2v) is 6.17. The molecule has 2 rings (SSSR count). The average molecular weight is 275 g/mol. The minimum Gasteiger partial charge on any atom is -0.386 e. The van der Waals surface area contributed by atoms with Crippen LogP contribution in [0.3, 0.4) is 0 Å². The van der Waals surface area contributed by atoms with Crippen molar-refractivity contribution in [3.8, 4) is 0 Å². The van der Waals surface area contributed by atoms with Crippen LogP contribution in [0.25, 0.3) is 0 Å². The molecule has 1 aliphatic carbocycles. The molecule has 1 aromatic rings. The molecule has 0 heterocycles. The van der Waals surface area contributed by atoms with Gasteiger partial charge in [-0.1, -0.05) is 44.9 Å². The van der Waals surface area contributed by atoms with Gasteiger partial charge in [-0.05, 0) is 56.5 Å². The molecule has 0 amide bonds. The van der Waals surface area contributed by atoms with Crippen molar-refractivity contribution < 1.29 is 5.11 Å². The van der Waals surface area contributed by atoms with Crippen molar-refractivity contribution in [2.45, 2.75) is 65.0 Å². The Morgan fingerprint density at radius 2 is 1.75 bits per heavy atom. The Labute approximate surface area is 123 Å². The number of likely N-dealkylation sites (N-methyl/N-ethyl adjacent to an activating group) is 1. The van der Waals surface area contributed by atoms with Gasteiger partial charge in [-0.15, -0.1) is 0 Å². The molecule has 1 unspecified atom stereocenters. The Morgan fingerprint density at radius 3 is 2.30 bits per heavy atom. The van der Waals surface area contributed by atoms with E-state index in [4.69, 9.17) is 0 Å². The first-order valence-electron chi connectivity index (χ1n) is 8.06. The summed E-state index contributed by atoms with van der Waals surface area (Å²) in [7, 11) is 0. The van der Waals surface area contributed by atoms with Crippen LogP contribution < -0.4 is 0 Å². The molecule has 1 aliphatic rings. The zero-order chi connectivity index (χ0) is 14.8. The largest absolute Gasteiger partial charge is 0.386 e. The summed E-state index contributed by atoms with van der Waals surface area (Å²) in [6, 6.07) is 6.31. The van der Waals surface area contributed by atoms with Gasteiger partial charge in [-0.25, -0.2) is 0 Å². The summed E-state index contributed by atoms with van der Waals surface area (Å²) in [5.41, 5.74) is 3.59. The van der Waals surface area contributed by atoms with Crippen molar-refractivity contribution in [3.63, 3.8) is 0 Å². The fraction of sp³-hybridized carbons (Fsp3) is 0.667. The van der Waals surface area contributed by atoms with Gasteiger partial charge in [0.1, 0.15) is 0 Å². The summed E-state index contributed by atoms with van der Waals surface area (Å²) in [4.78, 5) is 2.48.